The van der Waals surface area contributed by atoms with Gasteiger partial charge in [0.25, 0.3) is 0 Å². The molecular formula is C7H13ClO5. The van der Waals surface area contributed by atoms with Crippen molar-refractivity contribution in [3.8, 4) is 0 Å². The van der Waals surface area contributed by atoms with E-state index in [9.17, 15) is 4.79 Å². The van der Waals surface area contributed by atoms with E-state index >= 15 is 0 Å². The van der Waals surface area contributed by atoms with Gasteiger partial charge in [-0.3, -0.25) is 0 Å². The highest BCUT2D eigenvalue weighted by Gasteiger charge is 2.00. The predicted octanol–water partition coefficient (Wildman–Crippen LogP) is 0.999. The normalized spacial score (nSPS) is 9.69. The fourth-order valence-corrected chi connectivity index (χ4v) is 0.604. The van der Waals surface area contributed by atoms with Crippen molar-refractivity contribution in [3.63, 3.8) is 0 Å². The summed E-state index contributed by atoms with van der Waals surface area (Å²) in [6.45, 7) is 1.47. The molecule has 0 aliphatic carbocycles. The van der Waals surface area contributed by atoms with Crippen molar-refractivity contribution in [1.29, 1.82) is 0 Å². The molecule has 0 saturated carbocycles. The molecule has 5 nitrogen and oxygen atoms in total. The first-order chi connectivity index (χ1) is 6.31. The molecule has 0 aromatic heterocycles. The third-order valence-corrected chi connectivity index (χ3v) is 1.16. The lowest BCUT2D eigenvalue weighted by atomic mass is 10.7. The summed E-state index contributed by atoms with van der Waals surface area (Å²) < 4.78 is 18.6. The Hall–Kier alpha value is -0.520. The number of hydrogen-bond acceptors (Lipinski definition) is 5. The van der Waals surface area contributed by atoms with Crippen LogP contribution in [0.5, 0.6) is 0 Å². The largest absolute Gasteiger partial charge is 0.509 e. The molecule has 0 rings (SSSR count). The summed E-state index contributed by atoms with van der Waals surface area (Å²) in [5.74, 6) is 0. The van der Waals surface area contributed by atoms with Crippen molar-refractivity contribution >= 4 is 17.8 Å². The van der Waals surface area contributed by atoms with Gasteiger partial charge in [-0.2, -0.15) is 0 Å². The van der Waals surface area contributed by atoms with E-state index in [1.165, 1.54) is 0 Å². The van der Waals surface area contributed by atoms with Crippen LogP contribution in [-0.2, 0) is 18.9 Å². The lowest BCUT2D eigenvalue weighted by Gasteiger charge is -2.04. The summed E-state index contributed by atoms with van der Waals surface area (Å²) in [7, 11) is 1.58. The molecule has 0 aromatic rings. The standard InChI is InChI=1S/C7H13ClO5/c1-10-2-3-11-4-5-12-7(9)13-6-8/h2-6H2,1H3. The molecule has 0 fully saturated rings. The summed E-state index contributed by atoms with van der Waals surface area (Å²) in [5, 5.41) is 0. The molecular weight excluding hydrogens is 200 g/mol. The number of carbonyl (C=O) groups excluding carboxylic acids is 1. The number of halogens is 1. The highest BCUT2D eigenvalue weighted by Crippen LogP contribution is 1.87. The summed E-state index contributed by atoms with van der Waals surface area (Å²) >= 11 is 5.11. The minimum Gasteiger partial charge on any atom is -0.432 e. The van der Waals surface area contributed by atoms with Gasteiger partial charge in [0.1, 0.15) is 6.61 Å². The maximum absolute atomic E-state index is 10.5. The molecule has 0 saturated heterocycles. The number of alkyl halides is 1. The number of ether oxygens (including phenoxy) is 4. The van der Waals surface area contributed by atoms with Crippen LogP contribution in [-0.4, -0.2) is 45.8 Å². The Morgan fingerprint density at radius 1 is 1.15 bits per heavy atom. The van der Waals surface area contributed by atoms with E-state index in [0.717, 1.165) is 0 Å². The molecule has 0 aromatic carbocycles. The lowest BCUT2D eigenvalue weighted by Crippen LogP contribution is -2.13. The first-order valence-electron chi connectivity index (χ1n) is 3.73. The van der Waals surface area contributed by atoms with Gasteiger partial charge >= 0.3 is 6.16 Å². The van der Waals surface area contributed by atoms with E-state index in [4.69, 9.17) is 21.1 Å². The number of methoxy groups -OCH3 is 1. The molecule has 78 valence electrons. The Balaban J connectivity index is 3.02. The van der Waals surface area contributed by atoms with Crippen molar-refractivity contribution in [3.05, 3.63) is 0 Å². The molecule has 0 N–H and O–H groups in total. The molecule has 6 heteroatoms. The molecule has 0 atom stereocenters. The molecule has 0 unspecified atom stereocenters. The van der Waals surface area contributed by atoms with Crippen LogP contribution in [0.25, 0.3) is 0 Å². The Morgan fingerprint density at radius 3 is 2.46 bits per heavy atom. The molecule has 0 bridgehead atoms. The second kappa shape index (κ2) is 9.57. The minimum absolute atomic E-state index is 0.152. The summed E-state index contributed by atoms with van der Waals surface area (Å²) in [5.41, 5.74) is 0. The van der Waals surface area contributed by atoms with Gasteiger partial charge in [-0.1, -0.05) is 11.6 Å². The quantitative estimate of drug-likeness (QED) is 0.358. The molecule has 0 amide bonds. The number of hydrogen-bond donors (Lipinski definition) is 0. The molecule has 0 aliphatic rings. The summed E-state index contributed by atoms with van der Waals surface area (Å²) in [6.07, 6.45) is -0.787. The lowest BCUT2D eigenvalue weighted by molar-refractivity contribution is 0.0207. The van der Waals surface area contributed by atoms with Crippen molar-refractivity contribution in [1.82, 2.24) is 0 Å². The van der Waals surface area contributed by atoms with Gasteiger partial charge in [-0.15, -0.1) is 0 Å². The highest BCUT2D eigenvalue weighted by atomic mass is 35.5. The minimum atomic E-state index is -0.787. The maximum Gasteiger partial charge on any atom is 0.509 e. The molecule has 0 radical (unpaired) electrons. The fraction of sp³-hybridized carbons (Fsp3) is 0.857. The Morgan fingerprint density at radius 2 is 1.85 bits per heavy atom. The highest BCUT2D eigenvalue weighted by molar-refractivity contribution is 6.17. The van der Waals surface area contributed by atoms with Gasteiger partial charge in [0.15, 0.2) is 6.07 Å². The monoisotopic (exact) mass is 212 g/mol. The van der Waals surface area contributed by atoms with E-state index in [2.05, 4.69) is 9.47 Å². The first-order valence-corrected chi connectivity index (χ1v) is 4.27. The summed E-state index contributed by atoms with van der Waals surface area (Å²) in [4.78, 5) is 10.5. The number of rotatable bonds is 7. The third-order valence-electron chi connectivity index (χ3n) is 1.05. The smallest absolute Gasteiger partial charge is 0.432 e. The van der Waals surface area contributed by atoms with E-state index in [1.807, 2.05) is 0 Å². The summed E-state index contributed by atoms with van der Waals surface area (Å²) in [6, 6.07) is -0.205. The second-order valence-electron chi connectivity index (χ2n) is 1.96. The van der Waals surface area contributed by atoms with E-state index in [-0.39, 0.29) is 12.7 Å². The molecule has 0 heterocycles. The van der Waals surface area contributed by atoms with Crippen LogP contribution in [0.3, 0.4) is 0 Å². The Labute approximate surface area is 81.8 Å². The van der Waals surface area contributed by atoms with E-state index in [1.54, 1.807) is 7.11 Å². The van der Waals surface area contributed by atoms with Crippen LogP contribution >= 0.6 is 11.6 Å². The van der Waals surface area contributed by atoms with E-state index in [0.29, 0.717) is 19.8 Å². The van der Waals surface area contributed by atoms with Crippen LogP contribution in [0.2, 0.25) is 0 Å². The molecule has 13 heavy (non-hydrogen) atoms. The third kappa shape index (κ3) is 9.39. The zero-order valence-electron chi connectivity index (χ0n) is 7.45. The van der Waals surface area contributed by atoms with Gasteiger partial charge in [0.05, 0.1) is 19.8 Å². The van der Waals surface area contributed by atoms with Gasteiger partial charge in [0, 0.05) is 7.11 Å². The molecule has 0 aliphatic heterocycles. The van der Waals surface area contributed by atoms with Crippen LogP contribution < -0.4 is 0 Å². The zero-order chi connectivity index (χ0) is 9.94. The van der Waals surface area contributed by atoms with Gasteiger partial charge < -0.3 is 18.9 Å². The topological polar surface area (TPSA) is 54.0 Å². The number of carbonyl (C=O) groups is 1. The van der Waals surface area contributed by atoms with Crippen molar-refractivity contribution in [2.45, 2.75) is 0 Å². The second-order valence-corrected chi connectivity index (χ2v) is 2.18. The SMILES string of the molecule is COCCOCCOC(=O)OCCl. The van der Waals surface area contributed by atoms with Crippen molar-refractivity contribution < 1.29 is 23.7 Å². The first kappa shape index (κ1) is 12.5. The van der Waals surface area contributed by atoms with E-state index < -0.39 is 6.16 Å². The van der Waals surface area contributed by atoms with Crippen molar-refractivity contribution in [2.24, 2.45) is 0 Å². The Kier molecular flexibility index (Phi) is 9.18. The Bertz CT molecular complexity index is 130. The van der Waals surface area contributed by atoms with Crippen LogP contribution in [0, 0.1) is 0 Å². The van der Waals surface area contributed by atoms with Crippen molar-refractivity contribution in [2.75, 3.05) is 39.6 Å². The molecule has 0 spiro atoms. The van der Waals surface area contributed by atoms with Crippen LogP contribution in [0.4, 0.5) is 4.79 Å². The van der Waals surface area contributed by atoms with Crippen LogP contribution in [0.15, 0.2) is 0 Å². The van der Waals surface area contributed by atoms with Gasteiger partial charge in [-0.25, -0.2) is 4.79 Å². The van der Waals surface area contributed by atoms with Gasteiger partial charge in [0.2, 0.25) is 0 Å². The average Bonchev–Trinajstić information content (AvgIpc) is 2.11. The average molecular weight is 213 g/mol. The zero-order valence-corrected chi connectivity index (χ0v) is 8.21. The predicted molar refractivity (Wildman–Crippen MR) is 45.8 cm³/mol. The maximum atomic E-state index is 10.5. The van der Waals surface area contributed by atoms with Crippen LogP contribution in [0.1, 0.15) is 0 Å². The van der Waals surface area contributed by atoms with Gasteiger partial charge in [-0.05, 0) is 0 Å². The fourth-order valence-electron chi connectivity index (χ4n) is 0.514.